The number of Topliss-reactive ketones (excluding diaryl/α,β-unsaturated/α-hetero) is 1. The molecule has 1 saturated carbocycles. The van der Waals surface area contributed by atoms with Crippen LogP contribution in [-0.4, -0.2) is 45.3 Å². The van der Waals surface area contributed by atoms with Gasteiger partial charge in [0.1, 0.15) is 0 Å². The number of halogens is 8. The molecule has 0 heterocycles. The summed E-state index contributed by atoms with van der Waals surface area (Å²) in [5.74, 6) is -27.9. The molecule has 1 fully saturated rings. The Kier molecular flexibility index (Phi) is 2.11. The van der Waals surface area contributed by atoms with Crippen molar-refractivity contribution in [3.05, 3.63) is 11.3 Å². The molecule has 0 unspecified atom stereocenters. The van der Waals surface area contributed by atoms with E-state index in [1.54, 1.807) is 0 Å². The fourth-order valence-corrected chi connectivity index (χ4v) is 1.90. The van der Waals surface area contributed by atoms with Crippen LogP contribution in [0.15, 0.2) is 11.3 Å². The molecule has 0 aromatic rings. The zero-order valence-electron chi connectivity index (χ0n) is 8.33. The van der Waals surface area contributed by atoms with Gasteiger partial charge in [0.05, 0.1) is 5.57 Å². The summed E-state index contributed by atoms with van der Waals surface area (Å²) >= 11 is 0. The summed E-state index contributed by atoms with van der Waals surface area (Å²) in [6.45, 7) is 0. The third-order valence-electron chi connectivity index (χ3n) is 3.11. The highest BCUT2D eigenvalue weighted by Gasteiger charge is 3.01. The lowest BCUT2D eigenvalue weighted by molar-refractivity contribution is -0.479. The smallest absolute Gasteiger partial charge is 0.379 e. The molecule has 2 N–H and O–H groups in total. The average Bonchev–Trinajstić information content (AvgIpc) is 2.27. The summed E-state index contributed by atoms with van der Waals surface area (Å²) in [6.07, 6.45) is 0. The predicted molar refractivity (Wildman–Crippen MR) is 39.4 cm³/mol. The summed E-state index contributed by atoms with van der Waals surface area (Å²) in [5, 5.41) is 17.5. The van der Waals surface area contributed by atoms with Crippen molar-refractivity contribution in [2.75, 3.05) is 0 Å². The number of aliphatic hydroxyl groups is 2. The van der Waals surface area contributed by atoms with Gasteiger partial charge < -0.3 is 10.2 Å². The molecule has 19 heavy (non-hydrogen) atoms. The van der Waals surface area contributed by atoms with E-state index in [0.29, 0.717) is 0 Å². The minimum absolute atomic E-state index is 2.50. The second-order valence-corrected chi connectivity index (χ2v) is 4.06. The highest BCUT2D eigenvalue weighted by atomic mass is 19.4. The van der Waals surface area contributed by atoms with E-state index >= 15 is 0 Å². The minimum Gasteiger partial charge on any atom is -0.506 e. The SMILES string of the molecule is O=C1C(C2(O)C(F)(F)C(F)(F)C2(F)F)=C(O)C1(F)F. The molecule has 3 nitrogen and oxygen atoms in total. The van der Waals surface area contributed by atoms with Crippen LogP contribution in [0.3, 0.4) is 0 Å². The zero-order chi connectivity index (χ0) is 15.2. The van der Waals surface area contributed by atoms with Crippen molar-refractivity contribution in [1.82, 2.24) is 0 Å². The van der Waals surface area contributed by atoms with Crippen LogP contribution in [0.2, 0.25) is 0 Å². The van der Waals surface area contributed by atoms with E-state index in [4.69, 9.17) is 10.2 Å². The first-order chi connectivity index (χ1) is 8.19. The van der Waals surface area contributed by atoms with Crippen molar-refractivity contribution in [1.29, 1.82) is 0 Å². The van der Waals surface area contributed by atoms with Crippen LogP contribution in [-0.2, 0) is 4.79 Å². The fraction of sp³-hybridized carbons (Fsp3) is 0.625. The van der Waals surface area contributed by atoms with Crippen LogP contribution in [0.4, 0.5) is 35.1 Å². The molecule has 0 aromatic carbocycles. The van der Waals surface area contributed by atoms with Crippen LogP contribution in [0.1, 0.15) is 0 Å². The Balaban J connectivity index is 2.65. The quantitative estimate of drug-likeness (QED) is 0.724. The van der Waals surface area contributed by atoms with Crippen LogP contribution < -0.4 is 0 Å². The van der Waals surface area contributed by atoms with Crippen molar-refractivity contribution in [3.8, 4) is 0 Å². The lowest BCUT2D eigenvalue weighted by Crippen LogP contribution is -2.88. The number of ketones is 1. The van der Waals surface area contributed by atoms with Gasteiger partial charge in [0.25, 0.3) is 0 Å². The highest BCUT2D eigenvalue weighted by Crippen LogP contribution is 2.71. The fourth-order valence-electron chi connectivity index (χ4n) is 1.90. The molecule has 0 bridgehead atoms. The molecular formula is C8H2F8O3. The molecule has 0 saturated heterocycles. The van der Waals surface area contributed by atoms with Crippen LogP contribution in [0, 0.1) is 0 Å². The first-order valence-electron chi connectivity index (χ1n) is 4.41. The third kappa shape index (κ3) is 0.965. The predicted octanol–water partition coefficient (Wildman–Crippen LogP) is 1.67. The van der Waals surface area contributed by atoms with E-state index in [1.165, 1.54) is 0 Å². The van der Waals surface area contributed by atoms with Crippen LogP contribution >= 0.6 is 0 Å². The molecule has 0 amide bonds. The molecule has 0 aliphatic heterocycles. The first kappa shape index (κ1) is 14.0. The summed E-state index contributed by atoms with van der Waals surface area (Å²) in [5.41, 5.74) is -7.68. The van der Waals surface area contributed by atoms with E-state index in [2.05, 4.69) is 0 Å². The number of hydrogen-bond acceptors (Lipinski definition) is 3. The van der Waals surface area contributed by atoms with Gasteiger partial charge in [-0.25, -0.2) is 0 Å². The topological polar surface area (TPSA) is 57.5 Å². The number of rotatable bonds is 1. The number of alkyl halides is 8. The van der Waals surface area contributed by atoms with E-state index < -0.39 is 46.4 Å². The van der Waals surface area contributed by atoms with Gasteiger partial charge in [0, 0.05) is 0 Å². The van der Waals surface area contributed by atoms with Crippen molar-refractivity contribution in [2.45, 2.75) is 29.3 Å². The van der Waals surface area contributed by atoms with Gasteiger partial charge in [-0.3, -0.25) is 4.79 Å². The Morgan fingerprint density at radius 2 is 1.16 bits per heavy atom. The number of aliphatic hydroxyl groups excluding tert-OH is 1. The van der Waals surface area contributed by atoms with Crippen molar-refractivity contribution in [2.24, 2.45) is 0 Å². The number of allylic oxidation sites excluding steroid dienone is 1. The summed E-state index contributed by atoms with van der Waals surface area (Å²) in [6, 6.07) is 0. The van der Waals surface area contributed by atoms with Crippen molar-refractivity contribution < 1.29 is 50.1 Å². The molecule has 2 aliphatic carbocycles. The number of carbonyl (C=O) groups excluding carboxylic acids is 1. The Morgan fingerprint density at radius 1 is 0.789 bits per heavy atom. The number of hydrogen-bond donors (Lipinski definition) is 2. The van der Waals surface area contributed by atoms with E-state index in [1.807, 2.05) is 0 Å². The molecule has 0 aromatic heterocycles. The summed E-state index contributed by atoms with van der Waals surface area (Å²) < 4.78 is 102. The third-order valence-corrected chi connectivity index (χ3v) is 3.11. The lowest BCUT2D eigenvalue weighted by Gasteiger charge is -2.57. The maximum atomic E-state index is 12.9. The van der Waals surface area contributed by atoms with Gasteiger partial charge in [-0.1, -0.05) is 0 Å². The monoisotopic (exact) mass is 298 g/mol. The van der Waals surface area contributed by atoms with E-state index in [9.17, 15) is 39.9 Å². The standard InChI is InChI=1S/C8H2F8O3/c9-4(10)2(17)1(3(4)18)5(19)6(11,12)8(15,16)7(5,13)14/h17,19H. The van der Waals surface area contributed by atoms with Gasteiger partial charge >= 0.3 is 23.7 Å². The van der Waals surface area contributed by atoms with Crippen LogP contribution in [0.5, 0.6) is 0 Å². The molecule has 2 aliphatic rings. The second kappa shape index (κ2) is 2.86. The van der Waals surface area contributed by atoms with Crippen molar-refractivity contribution in [3.63, 3.8) is 0 Å². The van der Waals surface area contributed by atoms with Crippen LogP contribution in [0.25, 0.3) is 0 Å². The van der Waals surface area contributed by atoms with Crippen molar-refractivity contribution >= 4 is 5.78 Å². The first-order valence-corrected chi connectivity index (χ1v) is 4.41. The second-order valence-electron chi connectivity index (χ2n) is 4.06. The molecular weight excluding hydrogens is 296 g/mol. The molecule has 108 valence electrons. The maximum absolute atomic E-state index is 12.9. The lowest BCUT2D eigenvalue weighted by atomic mass is 9.59. The van der Waals surface area contributed by atoms with Gasteiger partial charge in [-0.15, -0.1) is 0 Å². The van der Waals surface area contributed by atoms with Gasteiger partial charge in [-0.2, -0.15) is 35.1 Å². The Labute approximate surface area is 97.7 Å². The largest absolute Gasteiger partial charge is 0.506 e. The highest BCUT2D eigenvalue weighted by molar-refractivity contribution is 6.12. The summed E-state index contributed by atoms with van der Waals surface area (Å²) in [4.78, 5) is 10.7. The zero-order valence-corrected chi connectivity index (χ0v) is 8.33. The Morgan fingerprint density at radius 3 is 1.47 bits per heavy atom. The molecule has 0 radical (unpaired) electrons. The van der Waals surface area contributed by atoms with Gasteiger partial charge in [0.2, 0.25) is 11.4 Å². The normalized spacial score (nSPS) is 32.6. The Hall–Kier alpha value is -1.39. The molecule has 2 rings (SSSR count). The van der Waals surface area contributed by atoms with E-state index in [-0.39, 0.29) is 0 Å². The average molecular weight is 298 g/mol. The molecule has 0 spiro atoms. The van der Waals surface area contributed by atoms with Gasteiger partial charge in [-0.05, 0) is 0 Å². The Bertz CT molecular complexity index is 502. The number of carbonyl (C=O) groups is 1. The van der Waals surface area contributed by atoms with Gasteiger partial charge in [0.15, 0.2) is 5.76 Å². The maximum Gasteiger partial charge on any atom is 0.379 e. The summed E-state index contributed by atoms with van der Waals surface area (Å²) in [7, 11) is 0. The van der Waals surface area contributed by atoms with E-state index in [0.717, 1.165) is 0 Å². The minimum atomic E-state index is -6.05. The molecule has 0 atom stereocenters. The molecule has 11 heteroatoms.